The van der Waals surface area contributed by atoms with Crippen LogP contribution < -0.4 is 10.2 Å². The van der Waals surface area contributed by atoms with Crippen molar-refractivity contribution in [1.82, 2.24) is 0 Å². The van der Waals surface area contributed by atoms with Crippen molar-refractivity contribution in [2.75, 3.05) is 33.0 Å². The molecule has 1 fully saturated rings. The smallest absolute Gasteiger partial charge is 0.491 e. The van der Waals surface area contributed by atoms with Gasteiger partial charge in [0.2, 0.25) is 0 Å². The Morgan fingerprint density at radius 1 is 0.967 bits per heavy atom. The first-order valence-corrected chi connectivity index (χ1v) is 10.4. The summed E-state index contributed by atoms with van der Waals surface area (Å²) in [5.41, 5.74) is -0.349. The summed E-state index contributed by atoms with van der Waals surface area (Å²) in [5.74, 6) is 0.347. The third-order valence-corrected chi connectivity index (χ3v) is 4.89. The Bertz CT molecular complexity index is 681. The molecule has 30 heavy (non-hydrogen) atoms. The van der Waals surface area contributed by atoms with Gasteiger partial charge in [0.15, 0.2) is 0 Å². The second-order valence-electron chi connectivity index (χ2n) is 9.26. The van der Waals surface area contributed by atoms with Crippen LogP contribution in [0, 0.1) is 0 Å². The number of carbonyl (C=O) groups is 1. The Kier molecular flexibility index (Phi) is 8.33. The summed E-state index contributed by atoms with van der Waals surface area (Å²) in [4.78, 5) is 11.5. The van der Waals surface area contributed by atoms with E-state index in [2.05, 4.69) is 0 Å². The molecular weight excluding hydrogens is 387 g/mol. The minimum Gasteiger partial charge on any atom is -0.491 e. The maximum atomic E-state index is 11.5. The van der Waals surface area contributed by atoms with Gasteiger partial charge in [-0.3, -0.25) is 0 Å². The van der Waals surface area contributed by atoms with Gasteiger partial charge in [-0.05, 0) is 66.1 Å². The predicted molar refractivity (Wildman–Crippen MR) is 115 cm³/mol. The van der Waals surface area contributed by atoms with Crippen LogP contribution in [0.15, 0.2) is 24.3 Å². The van der Waals surface area contributed by atoms with E-state index in [-0.39, 0.29) is 23.8 Å². The molecule has 7 nitrogen and oxygen atoms in total. The zero-order chi connectivity index (χ0) is 22.4. The van der Waals surface area contributed by atoms with Crippen LogP contribution in [0.5, 0.6) is 5.75 Å². The highest BCUT2D eigenvalue weighted by molar-refractivity contribution is 6.62. The minimum atomic E-state index is -0.506. The molecule has 1 heterocycles. The molecule has 0 unspecified atom stereocenters. The van der Waals surface area contributed by atoms with Crippen molar-refractivity contribution < 1.29 is 33.1 Å². The average molecular weight is 422 g/mol. The number of carbonyl (C=O) groups excluding carboxylic acids is 1. The van der Waals surface area contributed by atoms with Crippen molar-refractivity contribution in [3.63, 3.8) is 0 Å². The summed E-state index contributed by atoms with van der Waals surface area (Å²) in [5, 5.41) is 0. The third-order valence-electron chi connectivity index (χ3n) is 4.89. The van der Waals surface area contributed by atoms with Crippen LogP contribution in [-0.4, -0.2) is 62.9 Å². The van der Waals surface area contributed by atoms with Gasteiger partial charge in [-0.15, -0.1) is 0 Å². The Morgan fingerprint density at radius 2 is 1.57 bits per heavy atom. The molecule has 0 amide bonds. The summed E-state index contributed by atoms with van der Waals surface area (Å²) in [6.07, 6.45) is 0. The van der Waals surface area contributed by atoms with E-state index in [1.807, 2.05) is 72.7 Å². The highest BCUT2D eigenvalue weighted by Crippen LogP contribution is 2.36. The van der Waals surface area contributed by atoms with Gasteiger partial charge in [0.05, 0.1) is 31.0 Å². The molecule has 0 atom stereocenters. The summed E-state index contributed by atoms with van der Waals surface area (Å²) in [7, 11) is -0.420. The van der Waals surface area contributed by atoms with Crippen molar-refractivity contribution in [1.29, 1.82) is 0 Å². The second kappa shape index (κ2) is 10.1. The maximum absolute atomic E-state index is 11.5. The molecular formula is C22H35BO7. The quantitative estimate of drug-likeness (QED) is 0.326. The highest BCUT2D eigenvalue weighted by Gasteiger charge is 2.51. The summed E-state index contributed by atoms with van der Waals surface area (Å²) < 4.78 is 33.8. The molecule has 0 radical (unpaired) electrons. The molecule has 0 bridgehead atoms. The molecule has 0 aliphatic carbocycles. The first-order chi connectivity index (χ1) is 13.9. The normalized spacial score (nSPS) is 17.8. The zero-order valence-corrected chi connectivity index (χ0v) is 19.3. The first-order valence-electron chi connectivity index (χ1n) is 10.4. The van der Waals surface area contributed by atoms with Gasteiger partial charge < -0.3 is 28.3 Å². The maximum Gasteiger partial charge on any atom is 0.494 e. The van der Waals surface area contributed by atoms with Crippen LogP contribution in [0.4, 0.5) is 0 Å². The third kappa shape index (κ3) is 7.58. The topological polar surface area (TPSA) is 72.5 Å². The molecule has 0 aromatic heterocycles. The molecule has 2 rings (SSSR count). The molecule has 8 heteroatoms. The van der Waals surface area contributed by atoms with E-state index >= 15 is 0 Å². The Morgan fingerprint density at radius 3 is 2.20 bits per heavy atom. The fourth-order valence-corrected chi connectivity index (χ4v) is 2.69. The number of esters is 1. The second-order valence-corrected chi connectivity index (χ2v) is 9.26. The average Bonchev–Trinajstić information content (AvgIpc) is 2.83. The Labute approximate surface area is 180 Å². The lowest BCUT2D eigenvalue weighted by Gasteiger charge is -2.32. The Balaban J connectivity index is 1.64. The lowest BCUT2D eigenvalue weighted by atomic mass is 9.79. The lowest BCUT2D eigenvalue weighted by molar-refractivity contribution is -0.160. The number of hydrogen-bond acceptors (Lipinski definition) is 7. The molecule has 1 aliphatic rings. The van der Waals surface area contributed by atoms with Gasteiger partial charge in [-0.25, -0.2) is 4.79 Å². The van der Waals surface area contributed by atoms with E-state index in [1.54, 1.807) is 0 Å². The van der Waals surface area contributed by atoms with Gasteiger partial charge >= 0.3 is 13.1 Å². The summed E-state index contributed by atoms with van der Waals surface area (Å²) in [6.45, 7) is 15.0. The van der Waals surface area contributed by atoms with Crippen LogP contribution in [0.1, 0.15) is 48.5 Å². The van der Waals surface area contributed by atoms with E-state index in [4.69, 9.17) is 28.3 Å². The minimum absolute atomic E-state index is 0.0805. The van der Waals surface area contributed by atoms with E-state index in [9.17, 15) is 4.79 Å². The van der Waals surface area contributed by atoms with E-state index in [0.29, 0.717) is 26.4 Å². The van der Waals surface area contributed by atoms with Crippen LogP contribution in [-0.2, 0) is 28.3 Å². The van der Waals surface area contributed by atoms with Crippen molar-refractivity contribution in [2.24, 2.45) is 0 Å². The zero-order valence-electron chi connectivity index (χ0n) is 19.3. The standard InChI is InChI=1S/C22H35BO7/c1-20(2,3)28-19(24)16-26-12-11-25-13-14-27-18-10-8-9-17(15-18)23-29-21(4,5)22(6,7)30-23/h8-10,15H,11-14,16H2,1-7H3. The van der Waals surface area contributed by atoms with Crippen LogP contribution in [0.2, 0.25) is 0 Å². The summed E-state index contributed by atoms with van der Waals surface area (Å²) in [6, 6.07) is 7.69. The van der Waals surface area contributed by atoms with Gasteiger partial charge in [0.25, 0.3) is 0 Å². The van der Waals surface area contributed by atoms with Crippen molar-refractivity contribution in [2.45, 2.75) is 65.3 Å². The fraction of sp³-hybridized carbons (Fsp3) is 0.682. The van der Waals surface area contributed by atoms with E-state index < -0.39 is 12.7 Å². The van der Waals surface area contributed by atoms with E-state index in [0.717, 1.165) is 11.2 Å². The lowest BCUT2D eigenvalue weighted by Crippen LogP contribution is -2.41. The van der Waals surface area contributed by atoms with Crippen LogP contribution in [0.3, 0.4) is 0 Å². The van der Waals surface area contributed by atoms with Crippen molar-refractivity contribution >= 4 is 18.6 Å². The predicted octanol–water partition coefficient (Wildman–Crippen LogP) is 2.74. The number of hydrogen-bond donors (Lipinski definition) is 0. The largest absolute Gasteiger partial charge is 0.494 e. The molecule has 1 saturated heterocycles. The summed E-state index contributed by atoms with van der Waals surface area (Å²) >= 11 is 0. The molecule has 0 spiro atoms. The Hall–Kier alpha value is -1.61. The van der Waals surface area contributed by atoms with E-state index in [1.165, 1.54) is 0 Å². The van der Waals surface area contributed by atoms with Gasteiger partial charge in [-0.2, -0.15) is 0 Å². The van der Waals surface area contributed by atoms with Gasteiger partial charge in [-0.1, -0.05) is 12.1 Å². The number of benzene rings is 1. The molecule has 1 aromatic rings. The van der Waals surface area contributed by atoms with Gasteiger partial charge in [0.1, 0.15) is 24.6 Å². The number of rotatable bonds is 10. The fourth-order valence-electron chi connectivity index (χ4n) is 2.69. The molecule has 1 aromatic carbocycles. The molecule has 168 valence electrons. The highest BCUT2D eigenvalue weighted by atomic mass is 16.7. The van der Waals surface area contributed by atoms with Crippen molar-refractivity contribution in [3.8, 4) is 5.75 Å². The van der Waals surface area contributed by atoms with Crippen LogP contribution in [0.25, 0.3) is 0 Å². The SMILES string of the molecule is CC(C)(C)OC(=O)COCCOCCOc1cccc(B2OC(C)(C)C(C)(C)O2)c1. The number of ether oxygens (including phenoxy) is 4. The molecule has 0 N–H and O–H groups in total. The van der Waals surface area contributed by atoms with Crippen molar-refractivity contribution in [3.05, 3.63) is 24.3 Å². The first kappa shape index (κ1) is 24.7. The molecule has 1 aliphatic heterocycles. The van der Waals surface area contributed by atoms with Crippen LogP contribution >= 0.6 is 0 Å². The monoisotopic (exact) mass is 422 g/mol. The van der Waals surface area contributed by atoms with Gasteiger partial charge in [0, 0.05) is 0 Å². The molecule has 0 saturated carbocycles.